The molecule has 0 saturated carbocycles. The Kier molecular flexibility index (Phi) is 4.33. The van der Waals surface area contributed by atoms with Crippen LogP contribution < -0.4 is 10.5 Å². The predicted molar refractivity (Wildman–Crippen MR) is 69.6 cm³/mol. The number of nitrogens with zero attached hydrogens (tertiary/aromatic N) is 1. The molecule has 0 amide bonds. The number of fused-ring (bicyclic) bond motifs is 1. The number of benzene rings is 1. The number of nitrogen functional groups attached to an aromatic ring is 1. The Hall–Kier alpha value is -1.85. The molecular formula is C13H16N2O3. The highest BCUT2D eigenvalue weighted by atomic mass is 16.5. The van der Waals surface area contributed by atoms with Gasteiger partial charge in [0.1, 0.15) is 12.4 Å². The van der Waals surface area contributed by atoms with Gasteiger partial charge in [-0.2, -0.15) is 0 Å². The standard InChI is InChI=1S/C13H16N2O3/c14-11-3-4-12(18-9-8-17-7-6-16)10-2-1-5-15-13(10)11/h1-5,16H,6-9,14H2. The lowest BCUT2D eigenvalue weighted by molar-refractivity contribution is 0.0708. The van der Waals surface area contributed by atoms with Crippen molar-refractivity contribution in [3.63, 3.8) is 0 Å². The number of hydrogen-bond acceptors (Lipinski definition) is 5. The number of hydrogen-bond donors (Lipinski definition) is 2. The molecule has 0 atom stereocenters. The summed E-state index contributed by atoms with van der Waals surface area (Å²) in [5, 5.41) is 9.46. The van der Waals surface area contributed by atoms with Crippen LogP contribution in [0.1, 0.15) is 0 Å². The van der Waals surface area contributed by atoms with Crippen LogP contribution in [0.15, 0.2) is 30.5 Å². The number of aliphatic hydroxyl groups is 1. The fourth-order valence-corrected chi connectivity index (χ4v) is 1.67. The van der Waals surface area contributed by atoms with E-state index < -0.39 is 0 Å². The molecule has 0 radical (unpaired) electrons. The lowest BCUT2D eigenvalue weighted by Crippen LogP contribution is -2.09. The zero-order valence-electron chi connectivity index (χ0n) is 10.0. The van der Waals surface area contributed by atoms with Crippen molar-refractivity contribution in [1.82, 2.24) is 4.98 Å². The Labute approximate surface area is 105 Å². The van der Waals surface area contributed by atoms with E-state index in [0.29, 0.717) is 25.5 Å². The van der Waals surface area contributed by atoms with E-state index in [4.69, 9.17) is 20.3 Å². The van der Waals surface area contributed by atoms with E-state index in [9.17, 15) is 0 Å². The van der Waals surface area contributed by atoms with E-state index in [1.165, 1.54) is 0 Å². The van der Waals surface area contributed by atoms with Crippen molar-refractivity contribution in [3.8, 4) is 5.75 Å². The normalized spacial score (nSPS) is 10.7. The molecule has 1 aromatic heterocycles. The number of rotatable bonds is 6. The van der Waals surface area contributed by atoms with E-state index >= 15 is 0 Å². The molecule has 2 rings (SSSR count). The van der Waals surface area contributed by atoms with Crippen molar-refractivity contribution in [2.45, 2.75) is 0 Å². The minimum atomic E-state index is 0.0225. The highest BCUT2D eigenvalue weighted by Gasteiger charge is 2.05. The summed E-state index contributed by atoms with van der Waals surface area (Å²) in [7, 11) is 0. The smallest absolute Gasteiger partial charge is 0.128 e. The van der Waals surface area contributed by atoms with Crippen molar-refractivity contribution < 1.29 is 14.6 Å². The van der Waals surface area contributed by atoms with Crippen LogP contribution in [-0.4, -0.2) is 36.5 Å². The molecule has 96 valence electrons. The van der Waals surface area contributed by atoms with E-state index in [0.717, 1.165) is 16.7 Å². The average molecular weight is 248 g/mol. The van der Waals surface area contributed by atoms with E-state index in [1.807, 2.05) is 18.2 Å². The molecule has 0 aliphatic heterocycles. The van der Waals surface area contributed by atoms with Crippen molar-refractivity contribution in [2.75, 3.05) is 32.2 Å². The average Bonchev–Trinajstić information content (AvgIpc) is 2.41. The Bertz CT molecular complexity index is 517. The summed E-state index contributed by atoms with van der Waals surface area (Å²) in [6, 6.07) is 7.37. The highest BCUT2D eigenvalue weighted by Crippen LogP contribution is 2.28. The van der Waals surface area contributed by atoms with Gasteiger partial charge in [0.25, 0.3) is 0 Å². The largest absolute Gasteiger partial charge is 0.490 e. The predicted octanol–water partition coefficient (Wildman–Crippen LogP) is 1.20. The maximum absolute atomic E-state index is 8.57. The van der Waals surface area contributed by atoms with Crippen LogP contribution in [0.3, 0.4) is 0 Å². The number of anilines is 1. The Morgan fingerprint density at radius 3 is 2.89 bits per heavy atom. The van der Waals surface area contributed by atoms with Crippen LogP contribution in [0.5, 0.6) is 5.75 Å². The molecule has 5 heteroatoms. The zero-order chi connectivity index (χ0) is 12.8. The third-order valence-electron chi connectivity index (χ3n) is 2.48. The molecule has 0 saturated heterocycles. The molecule has 18 heavy (non-hydrogen) atoms. The van der Waals surface area contributed by atoms with Crippen molar-refractivity contribution >= 4 is 16.6 Å². The van der Waals surface area contributed by atoms with Crippen LogP contribution in [0.2, 0.25) is 0 Å². The Morgan fingerprint density at radius 2 is 2.06 bits per heavy atom. The molecule has 5 nitrogen and oxygen atoms in total. The minimum Gasteiger partial charge on any atom is -0.490 e. The van der Waals surface area contributed by atoms with Crippen molar-refractivity contribution in [2.24, 2.45) is 0 Å². The van der Waals surface area contributed by atoms with Gasteiger partial charge in [0, 0.05) is 11.6 Å². The van der Waals surface area contributed by atoms with Gasteiger partial charge in [0.05, 0.1) is 31.0 Å². The molecule has 0 spiro atoms. The van der Waals surface area contributed by atoms with E-state index in [2.05, 4.69) is 4.98 Å². The van der Waals surface area contributed by atoms with Gasteiger partial charge >= 0.3 is 0 Å². The van der Waals surface area contributed by atoms with Crippen molar-refractivity contribution in [3.05, 3.63) is 30.5 Å². The number of ether oxygens (including phenoxy) is 2. The van der Waals surface area contributed by atoms with Crippen LogP contribution >= 0.6 is 0 Å². The Morgan fingerprint density at radius 1 is 1.17 bits per heavy atom. The maximum atomic E-state index is 8.57. The molecule has 3 N–H and O–H groups in total. The van der Waals surface area contributed by atoms with Crippen LogP contribution in [-0.2, 0) is 4.74 Å². The van der Waals surface area contributed by atoms with Gasteiger partial charge < -0.3 is 20.3 Å². The first-order valence-corrected chi connectivity index (χ1v) is 5.77. The summed E-state index contributed by atoms with van der Waals surface area (Å²) in [5.74, 6) is 0.736. The monoisotopic (exact) mass is 248 g/mol. The fraction of sp³-hybridized carbons (Fsp3) is 0.308. The quantitative estimate of drug-likeness (QED) is 0.593. The second kappa shape index (κ2) is 6.18. The fourth-order valence-electron chi connectivity index (χ4n) is 1.67. The van der Waals surface area contributed by atoms with Crippen molar-refractivity contribution in [1.29, 1.82) is 0 Å². The van der Waals surface area contributed by atoms with E-state index in [1.54, 1.807) is 12.3 Å². The van der Waals surface area contributed by atoms with Gasteiger partial charge in [0.2, 0.25) is 0 Å². The lowest BCUT2D eigenvalue weighted by atomic mass is 10.2. The second-order valence-electron chi connectivity index (χ2n) is 3.74. The number of aromatic nitrogens is 1. The molecule has 0 aliphatic rings. The molecule has 0 aliphatic carbocycles. The van der Waals surface area contributed by atoms with Gasteiger partial charge in [-0.05, 0) is 24.3 Å². The summed E-state index contributed by atoms with van der Waals surface area (Å²) in [6.07, 6.45) is 1.70. The summed E-state index contributed by atoms with van der Waals surface area (Å²) < 4.78 is 10.7. The lowest BCUT2D eigenvalue weighted by Gasteiger charge is -2.10. The summed E-state index contributed by atoms with van der Waals surface area (Å²) in [5.41, 5.74) is 7.22. The zero-order valence-corrected chi connectivity index (χ0v) is 10.0. The number of pyridine rings is 1. The topological polar surface area (TPSA) is 77.6 Å². The van der Waals surface area contributed by atoms with Gasteiger partial charge in [0.15, 0.2) is 0 Å². The van der Waals surface area contributed by atoms with Crippen LogP contribution in [0.4, 0.5) is 5.69 Å². The third-order valence-corrected chi connectivity index (χ3v) is 2.48. The molecule has 1 aromatic carbocycles. The third kappa shape index (κ3) is 2.88. The first kappa shape index (κ1) is 12.6. The van der Waals surface area contributed by atoms with Gasteiger partial charge in [-0.15, -0.1) is 0 Å². The SMILES string of the molecule is Nc1ccc(OCCOCCO)c2cccnc12. The first-order chi connectivity index (χ1) is 8.83. The first-order valence-electron chi connectivity index (χ1n) is 5.77. The van der Waals surface area contributed by atoms with Crippen LogP contribution in [0.25, 0.3) is 10.9 Å². The second-order valence-corrected chi connectivity index (χ2v) is 3.74. The summed E-state index contributed by atoms with van der Waals surface area (Å²) >= 11 is 0. The number of nitrogens with two attached hydrogens (primary N) is 1. The summed E-state index contributed by atoms with van der Waals surface area (Å²) in [6.45, 7) is 1.21. The van der Waals surface area contributed by atoms with Gasteiger partial charge in [-0.1, -0.05) is 0 Å². The van der Waals surface area contributed by atoms with Gasteiger partial charge in [-0.25, -0.2) is 0 Å². The molecule has 0 fully saturated rings. The molecular weight excluding hydrogens is 232 g/mol. The highest BCUT2D eigenvalue weighted by molar-refractivity contribution is 5.93. The van der Waals surface area contributed by atoms with Crippen LogP contribution in [0, 0.1) is 0 Å². The Balaban J connectivity index is 2.07. The number of aliphatic hydroxyl groups excluding tert-OH is 1. The molecule has 0 unspecified atom stereocenters. The summed E-state index contributed by atoms with van der Waals surface area (Å²) in [4.78, 5) is 4.23. The van der Waals surface area contributed by atoms with E-state index in [-0.39, 0.29) is 6.61 Å². The van der Waals surface area contributed by atoms with Gasteiger partial charge in [-0.3, -0.25) is 4.98 Å². The minimum absolute atomic E-state index is 0.0225. The molecule has 2 aromatic rings. The maximum Gasteiger partial charge on any atom is 0.128 e. The molecule has 1 heterocycles. The molecule has 0 bridgehead atoms.